The van der Waals surface area contributed by atoms with Crippen molar-refractivity contribution in [2.24, 2.45) is 5.92 Å². The first-order valence-corrected chi connectivity index (χ1v) is 6.88. The summed E-state index contributed by atoms with van der Waals surface area (Å²) in [5, 5.41) is 0. The zero-order valence-electron chi connectivity index (χ0n) is 11.1. The Kier molecular flexibility index (Phi) is 3.23. The van der Waals surface area contributed by atoms with Crippen molar-refractivity contribution in [3.63, 3.8) is 0 Å². The molecule has 0 radical (unpaired) electrons. The van der Waals surface area contributed by atoms with Crippen LogP contribution in [0.5, 0.6) is 5.88 Å². The van der Waals surface area contributed by atoms with Gasteiger partial charge < -0.3 is 4.74 Å². The van der Waals surface area contributed by atoms with Crippen molar-refractivity contribution in [3.05, 3.63) is 30.1 Å². The molecule has 4 heteroatoms. The molecular weight excluding hydrogens is 240 g/mol. The second kappa shape index (κ2) is 5.03. The van der Waals surface area contributed by atoms with Gasteiger partial charge in [0.05, 0.1) is 0 Å². The molecule has 19 heavy (non-hydrogen) atoms. The lowest BCUT2D eigenvalue weighted by atomic mass is 9.88. The molecule has 0 aromatic carbocycles. The minimum absolute atomic E-state index is 0.178. The van der Waals surface area contributed by atoms with Crippen LogP contribution in [0.4, 0.5) is 0 Å². The molecule has 2 unspecified atom stereocenters. The summed E-state index contributed by atoms with van der Waals surface area (Å²) in [6.45, 7) is 2.21. The Balaban J connectivity index is 1.93. The summed E-state index contributed by atoms with van der Waals surface area (Å²) in [6.07, 6.45) is 7.54. The normalized spacial score (nSPS) is 23.4. The monoisotopic (exact) mass is 258 g/mol. The maximum atomic E-state index is 11.3. The van der Waals surface area contributed by atoms with E-state index in [1.807, 2.05) is 24.4 Å². The summed E-state index contributed by atoms with van der Waals surface area (Å²) in [7, 11) is 0. The van der Waals surface area contributed by atoms with E-state index < -0.39 is 0 Å². The van der Waals surface area contributed by atoms with E-state index in [-0.39, 0.29) is 6.10 Å². The van der Waals surface area contributed by atoms with Crippen molar-refractivity contribution in [1.29, 1.82) is 0 Å². The van der Waals surface area contributed by atoms with Gasteiger partial charge in [0.15, 0.2) is 6.29 Å². The number of imidazole rings is 1. The van der Waals surface area contributed by atoms with Gasteiger partial charge in [0, 0.05) is 6.20 Å². The van der Waals surface area contributed by atoms with Crippen LogP contribution in [0.1, 0.15) is 43.1 Å². The van der Waals surface area contributed by atoms with Gasteiger partial charge in [-0.3, -0.25) is 9.20 Å². The first-order chi connectivity index (χ1) is 9.29. The molecule has 2 atom stereocenters. The van der Waals surface area contributed by atoms with Crippen LogP contribution in [-0.2, 0) is 0 Å². The van der Waals surface area contributed by atoms with Crippen molar-refractivity contribution < 1.29 is 9.53 Å². The number of hydrogen-bond acceptors (Lipinski definition) is 3. The number of aromatic nitrogens is 2. The number of aldehydes is 1. The number of rotatable bonds is 3. The average Bonchev–Trinajstić information content (AvgIpc) is 2.78. The summed E-state index contributed by atoms with van der Waals surface area (Å²) in [5.74, 6) is 0.998. The van der Waals surface area contributed by atoms with Crippen LogP contribution < -0.4 is 4.74 Å². The molecule has 1 aliphatic carbocycles. The van der Waals surface area contributed by atoms with E-state index in [0.29, 0.717) is 17.5 Å². The van der Waals surface area contributed by atoms with Gasteiger partial charge in [0.25, 0.3) is 0 Å². The number of pyridine rings is 1. The number of fused-ring (bicyclic) bond motifs is 1. The van der Waals surface area contributed by atoms with Gasteiger partial charge in [-0.25, -0.2) is 0 Å². The fraction of sp³-hybridized carbons (Fsp3) is 0.467. The van der Waals surface area contributed by atoms with E-state index in [2.05, 4.69) is 11.9 Å². The van der Waals surface area contributed by atoms with Crippen LogP contribution >= 0.6 is 0 Å². The predicted octanol–water partition coefficient (Wildman–Crippen LogP) is 3.10. The van der Waals surface area contributed by atoms with Crippen molar-refractivity contribution in [2.75, 3.05) is 0 Å². The Labute approximate surface area is 112 Å². The van der Waals surface area contributed by atoms with E-state index in [1.165, 1.54) is 19.3 Å². The van der Waals surface area contributed by atoms with Crippen LogP contribution in [0.15, 0.2) is 24.4 Å². The summed E-state index contributed by atoms with van der Waals surface area (Å²) < 4.78 is 7.79. The van der Waals surface area contributed by atoms with E-state index in [4.69, 9.17) is 4.74 Å². The highest BCUT2D eigenvalue weighted by atomic mass is 16.5. The van der Waals surface area contributed by atoms with Crippen LogP contribution in [-0.4, -0.2) is 21.8 Å². The number of nitrogens with zero attached hydrogens (tertiary/aromatic N) is 2. The SMILES string of the molecule is CC1CCCCC1Oc1nc2ccccn2c1C=O. The largest absolute Gasteiger partial charge is 0.472 e. The second-order valence-electron chi connectivity index (χ2n) is 5.27. The first-order valence-electron chi connectivity index (χ1n) is 6.88. The molecule has 0 bridgehead atoms. The van der Waals surface area contributed by atoms with E-state index in [0.717, 1.165) is 18.4 Å². The zero-order chi connectivity index (χ0) is 13.2. The molecule has 0 N–H and O–H groups in total. The highest BCUT2D eigenvalue weighted by Crippen LogP contribution is 2.29. The minimum atomic E-state index is 0.178. The van der Waals surface area contributed by atoms with Crippen LogP contribution in [0.3, 0.4) is 0 Å². The average molecular weight is 258 g/mol. The summed E-state index contributed by atoms with van der Waals surface area (Å²) in [5.41, 5.74) is 1.26. The highest BCUT2D eigenvalue weighted by Gasteiger charge is 2.25. The lowest BCUT2D eigenvalue weighted by Crippen LogP contribution is -2.28. The molecule has 0 spiro atoms. The Hall–Kier alpha value is -1.84. The van der Waals surface area contributed by atoms with Gasteiger partial charge in [0.1, 0.15) is 17.4 Å². The van der Waals surface area contributed by atoms with Crippen molar-refractivity contribution in [1.82, 2.24) is 9.38 Å². The van der Waals surface area contributed by atoms with Gasteiger partial charge in [0.2, 0.25) is 5.88 Å². The molecule has 3 rings (SSSR count). The summed E-state index contributed by atoms with van der Waals surface area (Å²) in [4.78, 5) is 15.7. The summed E-state index contributed by atoms with van der Waals surface area (Å²) >= 11 is 0. The van der Waals surface area contributed by atoms with Crippen LogP contribution in [0.2, 0.25) is 0 Å². The lowest BCUT2D eigenvalue weighted by Gasteiger charge is -2.28. The fourth-order valence-corrected chi connectivity index (χ4v) is 2.79. The Morgan fingerprint density at radius 1 is 1.37 bits per heavy atom. The Bertz CT molecular complexity index is 591. The maximum Gasteiger partial charge on any atom is 0.244 e. The third kappa shape index (κ3) is 2.23. The molecule has 4 nitrogen and oxygen atoms in total. The smallest absolute Gasteiger partial charge is 0.244 e. The molecule has 1 saturated carbocycles. The van der Waals surface area contributed by atoms with Crippen molar-refractivity contribution >= 4 is 11.9 Å². The minimum Gasteiger partial charge on any atom is -0.472 e. The highest BCUT2D eigenvalue weighted by molar-refractivity contribution is 5.78. The molecule has 100 valence electrons. The predicted molar refractivity (Wildman–Crippen MR) is 72.6 cm³/mol. The van der Waals surface area contributed by atoms with E-state index in [9.17, 15) is 4.79 Å². The van der Waals surface area contributed by atoms with Gasteiger partial charge in [-0.15, -0.1) is 0 Å². The second-order valence-corrected chi connectivity index (χ2v) is 5.27. The lowest BCUT2D eigenvalue weighted by molar-refractivity contribution is 0.0948. The number of carbonyl (C=O) groups is 1. The quantitative estimate of drug-likeness (QED) is 0.794. The van der Waals surface area contributed by atoms with Gasteiger partial charge in [-0.1, -0.05) is 19.4 Å². The standard InChI is InChI=1S/C15H18N2O2/c1-11-6-2-3-7-13(11)19-15-12(10-18)17-9-5-4-8-14(17)16-15/h4-5,8-11,13H,2-3,6-7H2,1H3. The number of ether oxygens (including phenoxy) is 1. The topological polar surface area (TPSA) is 43.6 Å². The van der Waals surface area contributed by atoms with Crippen molar-refractivity contribution in [3.8, 4) is 5.88 Å². The Morgan fingerprint density at radius 3 is 3.00 bits per heavy atom. The van der Waals surface area contributed by atoms with E-state index >= 15 is 0 Å². The van der Waals surface area contributed by atoms with Gasteiger partial charge >= 0.3 is 0 Å². The Morgan fingerprint density at radius 2 is 2.21 bits per heavy atom. The molecule has 2 aromatic rings. The maximum absolute atomic E-state index is 11.3. The van der Waals surface area contributed by atoms with Crippen LogP contribution in [0, 0.1) is 5.92 Å². The van der Waals surface area contributed by atoms with E-state index in [1.54, 1.807) is 4.40 Å². The molecule has 0 amide bonds. The molecule has 1 fully saturated rings. The van der Waals surface area contributed by atoms with Gasteiger partial charge in [-0.2, -0.15) is 4.98 Å². The third-order valence-corrected chi connectivity index (χ3v) is 3.94. The molecular formula is C15H18N2O2. The number of carbonyl (C=O) groups excluding carboxylic acids is 1. The third-order valence-electron chi connectivity index (χ3n) is 3.94. The molecule has 2 aromatic heterocycles. The number of hydrogen-bond donors (Lipinski definition) is 0. The molecule has 0 saturated heterocycles. The molecule has 0 aliphatic heterocycles. The van der Waals surface area contributed by atoms with Crippen molar-refractivity contribution in [2.45, 2.75) is 38.7 Å². The van der Waals surface area contributed by atoms with Gasteiger partial charge in [-0.05, 0) is 37.3 Å². The molecule has 2 heterocycles. The zero-order valence-corrected chi connectivity index (χ0v) is 11.1. The molecule has 1 aliphatic rings. The first kappa shape index (κ1) is 12.2. The van der Waals surface area contributed by atoms with Crippen LogP contribution in [0.25, 0.3) is 5.65 Å². The summed E-state index contributed by atoms with van der Waals surface area (Å²) in [6, 6.07) is 5.67. The fourth-order valence-electron chi connectivity index (χ4n) is 2.79.